The number of nitrogens with zero attached hydrogens (tertiary/aromatic N) is 1. The van der Waals surface area contributed by atoms with E-state index in [1.54, 1.807) is 18.9 Å². The van der Waals surface area contributed by atoms with Gasteiger partial charge in [0.15, 0.2) is 0 Å². The largest absolute Gasteiger partial charge is 0.497 e. The van der Waals surface area contributed by atoms with Crippen LogP contribution in [0.2, 0.25) is 0 Å². The lowest BCUT2D eigenvalue weighted by Gasteiger charge is -2.25. The molecule has 0 aromatic heterocycles. The number of benzene rings is 1. The lowest BCUT2D eigenvalue weighted by atomic mass is 10.2. The Balaban J connectivity index is 2.09. The van der Waals surface area contributed by atoms with Gasteiger partial charge in [0.25, 0.3) is 0 Å². The highest BCUT2D eigenvalue weighted by Crippen LogP contribution is 2.42. The van der Waals surface area contributed by atoms with Crippen LogP contribution < -0.4 is 10.1 Å². The van der Waals surface area contributed by atoms with E-state index in [-0.39, 0.29) is 16.5 Å². The zero-order valence-electron chi connectivity index (χ0n) is 13.1. The predicted octanol–water partition coefficient (Wildman–Crippen LogP) is 2.66. The molecule has 0 spiro atoms. The Bertz CT molecular complexity index is 476. The van der Waals surface area contributed by atoms with Crippen molar-refractivity contribution in [2.24, 2.45) is 0 Å². The topological polar surface area (TPSA) is 41.6 Å². The van der Waals surface area contributed by atoms with Crippen LogP contribution in [0.4, 0.5) is 0 Å². The molecule has 1 amide bonds. The normalized spacial score (nSPS) is 22.1. The molecule has 0 aliphatic carbocycles. The lowest BCUT2D eigenvalue weighted by Crippen LogP contribution is -2.38. The highest BCUT2D eigenvalue weighted by atomic mass is 32.2. The molecule has 1 aliphatic rings. The fourth-order valence-electron chi connectivity index (χ4n) is 2.40. The van der Waals surface area contributed by atoms with Gasteiger partial charge in [0.05, 0.1) is 12.4 Å². The fraction of sp³-hybridized carbons (Fsp3) is 0.562. The first-order valence-electron chi connectivity index (χ1n) is 7.36. The minimum atomic E-state index is 0.0242. The Morgan fingerprint density at radius 2 is 2.00 bits per heavy atom. The van der Waals surface area contributed by atoms with E-state index < -0.39 is 0 Å². The molecule has 1 fully saturated rings. The number of methoxy groups -OCH3 is 1. The maximum atomic E-state index is 12.3. The molecular formula is C16H24N2O2S. The number of ether oxygens (including phenoxy) is 1. The van der Waals surface area contributed by atoms with Gasteiger partial charge in [-0.25, -0.2) is 0 Å². The zero-order valence-corrected chi connectivity index (χ0v) is 13.9. The maximum absolute atomic E-state index is 12.3. The Labute approximate surface area is 131 Å². The molecule has 1 N–H and O–H groups in total. The van der Waals surface area contributed by atoms with Crippen LogP contribution in [0.25, 0.3) is 0 Å². The fourth-order valence-corrected chi connectivity index (χ4v) is 3.71. The molecule has 116 valence electrons. The summed E-state index contributed by atoms with van der Waals surface area (Å²) in [6.45, 7) is 7.78. The van der Waals surface area contributed by atoms with E-state index >= 15 is 0 Å². The molecule has 0 saturated carbocycles. The molecule has 1 saturated heterocycles. The van der Waals surface area contributed by atoms with Gasteiger partial charge in [-0.3, -0.25) is 4.79 Å². The molecule has 0 unspecified atom stereocenters. The molecule has 1 aromatic rings. The first-order chi connectivity index (χ1) is 10.0. The molecule has 21 heavy (non-hydrogen) atoms. The number of rotatable bonds is 6. The summed E-state index contributed by atoms with van der Waals surface area (Å²) in [5, 5.41) is 3.50. The average Bonchev–Trinajstić information content (AvgIpc) is 2.75. The van der Waals surface area contributed by atoms with E-state index in [1.807, 2.05) is 36.1 Å². The van der Waals surface area contributed by atoms with Crippen LogP contribution in [0.3, 0.4) is 0 Å². The van der Waals surface area contributed by atoms with Gasteiger partial charge in [-0.1, -0.05) is 26.0 Å². The van der Waals surface area contributed by atoms with Crippen molar-refractivity contribution in [3.8, 4) is 5.75 Å². The van der Waals surface area contributed by atoms with E-state index in [4.69, 9.17) is 4.74 Å². The van der Waals surface area contributed by atoms with Crippen molar-refractivity contribution in [2.45, 2.75) is 37.4 Å². The van der Waals surface area contributed by atoms with E-state index in [1.165, 1.54) is 0 Å². The van der Waals surface area contributed by atoms with E-state index in [0.29, 0.717) is 6.04 Å². The first kappa shape index (κ1) is 16.2. The van der Waals surface area contributed by atoms with Gasteiger partial charge in [0, 0.05) is 19.1 Å². The lowest BCUT2D eigenvalue weighted by molar-refractivity contribution is -0.129. The van der Waals surface area contributed by atoms with Crippen LogP contribution in [0.5, 0.6) is 5.75 Å². The van der Waals surface area contributed by atoms with Crippen molar-refractivity contribution in [2.75, 3.05) is 20.2 Å². The Hall–Kier alpha value is -1.20. The van der Waals surface area contributed by atoms with Crippen LogP contribution in [0.15, 0.2) is 24.3 Å². The van der Waals surface area contributed by atoms with Crippen LogP contribution >= 0.6 is 11.8 Å². The second-order valence-electron chi connectivity index (χ2n) is 5.54. The summed E-state index contributed by atoms with van der Waals surface area (Å²) in [6.07, 6.45) is 0. The summed E-state index contributed by atoms with van der Waals surface area (Å²) in [5.41, 5.74) is 1.16. The molecule has 5 heteroatoms. The molecule has 1 heterocycles. The SMILES string of the molecule is COc1ccc([C@@H]2S[C@@H](C)C(=O)N2CCNC(C)C)cc1. The Morgan fingerprint density at radius 1 is 1.33 bits per heavy atom. The summed E-state index contributed by atoms with van der Waals surface area (Å²) in [4.78, 5) is 14.3. The number of carbonyl (C=O) groups is 1. The van der Waals surface area contributed by atoms with Gasteiger partial charge >= 0.3 is 0 Å². The molecule has 4 nitrogen and oxygen atoms in total. The van der Waals surface area contributed by atoms with Crippen LogP contribution in [0.1, 0.15) is 31.7 Å². The van der Waals surface area contributed by atoms with E-state index in [9.17, 15) is 4.79 Å². The number of amides is 1. The Morgan fingerprint density at radius 3 is 2.57 bits per heavy atom. The molecule has 1 aliphatic heterocycles. The summed E-state index contributed by atoms with van der Waals surface area (Å²) >= 11 is 1.71. The number of hydrogen-bond acceptors (Lipinski definition) is 4. The average molecular weight is 308 g/mol. The second kappa shape index (κ2) is 7.18. The second-order valence-corrected chi connectivity index (χ2v) is 6.97. The van der Waals surface area contributed by atoms with Gasteiger partial charge in [-0.15, -0.1) is 11.8 Å². The van der Waals surface area contributed by atoms with Crippen molar-refractivity contribution in [3.63, 3.8) is 0 Å². The van der Waals surface area contributed by atoms with Crippen molar-refractivity contribution in [1.82, 2.24) is 10.2 Å². The van der Waals surface area contributed by atoms with Gasteiger partial charge in [0.1, 0.15) is 11.1 Å². The van der Waals surface area contributed by atoms with Gasteiger partial charge < -0.3 is 15.0 Å². The molecular weight excluding hydrogens is 284 g/mol. The van der Waals surface area contributed by atoms with Crippen LogP contribution in [-0.4, -0.2) is 42.3 Å². The zero-order chi connectivity index (χ0) is 15.4. The monoisotopic (exact) mass is 308 g/mol. The molecule has 2 atom stereocenters. The molecule has 0 bridgehead atoms. The number of nitrogens with one attached hydrogen (secondary N) is 1. The van der Waals surface area contributed by atoms with E-state index in [0.717, 1.165) is 24.4 Å². The maximum Gasteiger partial charge on any atom is 0.236 e. The predicted molar refractivity (Wildman–Crippen MR) is 87.6 cm³/mol. The third kappa shape index (κ3) is 3.92. The van der Waals surface area contributed by atoms with E-state index in [2.05, 4.69) is 19.2 Å². The van der Waals surface area contributed by atoms with Crippen LogP contribution in [-0.2, 0) is 4.79 Å². The quantitative estimate of drug-likeness (QED) is 0.877. The third-order valence-electron chi connectivity index (χ3n) is 3.55. The van der Waals surface area contributed by atoms with Gasteiger partial charge in [0.2, 0.25) is 5.91 Å². The molecule has 2 rings (SSSR count). The standard InChI is InChI=1S/C16H24N2O2S/c1-11(2)17-9-10-18-15(19)12(3)21-16(18)13-5-7-14(20-4)8-6-13/h5-8,11-12,16-17H,9-10H2,1-4H3/t12-,16-/m0/s1. The summed E-state index contributed by atoms with van der Waals surface area (Å²) in [6, 6.07) is 8.43. The minimum Gasteiger partial charge on any atom is -0.497 e. The van der Waals surface area contributed by atoms with Gasteiger partial charge in [-0.05, 0) is 24.6 Å². The summed E-state index contributed by atoms with van der Waals surface area (Å²) < 4.78 is 5.19. The van der Waals surface area contributed by atoms with Crippen molar-refractivity contribution >= 4 is 17.7 Å². The smallest absolute Gasteiger partial charge is 0.236 e. The minimum absolute atomic E-state index is 0.0242. The summed E-state index contributed by atoms with van der Waals surface area (Å²) in [5.74, 6) is 1.07. The number of carbonyl (C=O) groups excluding carboxylic acids is 1. The number of thioether (sulfide) groups is 1. The highest BCUT2D eigenvalue weighted by molar-refractivity contribution is 8.01. The highest BCUT2D eigenvalue weighted by Gasteiger charge is 2.37. The Kier molecular flexibility index (Phi) is 5.53. The van der Waals surface area contributed by atoms with Crippen molar-refractivity contribution in [1.29, 1.82) is 0 Å². The number of hydrogen-bond donors (Lipinski definition) is 1. The van der Waals surface area contributed by atoms with Crippen LogP contribution in [0, 0.1) is 0 Å². The third-order valence-corrected chi connectivity index (χ3v) is 4.95. The van der Waals surface area contributed by atoms with Crippen molar-refractivity contribution in [3.05, 3.63) is 29.8 Å². The first-order valence-corrected chi connectivity index (χ1v) is 8.30. The van der Waals surface area contributed by atoms with Gasteiger partial charge in [-0.2, -0.15) is 0 Å². The van der Waals surface area contributed by atoms with Crippen molar-refractivity contribution < 1.29 is 9.53 Å². The summed E-state index contributed by atoms with van der Waals surface area (Å²) in [7, 11) is 1.66. The molecule has 1 aromatic carbocycles. The molecule has 0 radical (unpaired) electrons.